The van der Waals surface area contributed by atoms with Gasteiger partial charge in [-0.3, -0.25) is 9.59 Å². The first-order chi connectivity index (χ1) is 16.7. The van der Waals surface area contributed by atoms with Crippen LogP contribution in [0.1, 0.15) is 91.4 Å². The van der Waals surface area contributed by atoms with Crippen LogP contribution in [-0.4, -0.2) is 65.3 Å². The van der Waals surface area contributed by atoms with E-state index >= 15 is 0 Å². The summed E-state index contributed by atoms with van der Waals surface area (Å²) in [5.41, 5.74) is -0.280. The van der Waals surface area contributed by atoms with E-state index in [9.17, 15) is 9.59 Å². The number of carbonyl (C=O) groups is 2. The number of nitrogens with one attached hydrogen (secondary N) is 1. The number of nitrogens with zero attached hydrogens (tertiary/aromatic N) is 2. The Morgan fingerprint density at radius 2 is 1.80 bits per heavy atom. The van der Waals surface area contributed by atoms with E-state index in [1.807, 2.05) is 0 Å². The summed E-state index contributed by atoms with van der Waals surface area (Å²) in [6, 6.07) is 1.64. The molecular formula is C30H49N3O2. The molecule has 6 fully saturated rings. The zero-order valence-electron chi connectivity index (χ0n) is 22.7. The van der Waals surface area contributed by atoms with E-state index in [0.717, 1.165) is 56.7 Å². The molecule has 35 heavy (non-hydrogen) atoms. The Kier molecular flexibility index (Phi) is 6.35. The van der Waals surface area contributed by atoms with Crippen molar-refractivity contribution in [3.63, 3.8) is 0 Å². The van der Waals surface area contributed by atoms with Gasteiger partial charge in [-0.15, -0.1) is 0 Å². The highest BCUT2D eigenvalue weighted by atomic mass is 16.2. The van der Waals surface area contributed by atoms with E-state index in [0.29, 0.717) is 47.5 Å². The molecule has 0 unspecified atom stereocenters. The molecule has 3 aliphatic carbocycles. The average Bonchev–Trinajstić information content (AvgIpc) is 2.81. The number of likely N-dealkylation sites (tertiary alicyclic amines) is 2. The molecule has 0 radical (unpaired) electrons. The van der Waals surface area contributed by atoms with E-state index in [4.69, 9.17) is 0 Å². The lowest BCUT2D eigenvalue weighted by Crippen LogP contribution is -2.72. The number of ketones is 1. The van der Waals surface area contributed by atoms with Crippen molar-refractivity contribution in [2.45, 2.75) is 115 Å². The smallest absolute Gasteiger partial charge is 0.219 e. The summed E-state index contributed by atoms with van der Waals surface area (Å²) >= 11 is 0. The molecule has 6 aliphatic rings. The summed E-state index contributed by atoms with van der Waals surface area (Å²) in [4.78, 5) is 31.0. The second-order valence-electron chi connectivity index (χ2n) is 14.1. The summed E-state index contributed by atoms with van der Waals surface area (Å²) in [6.45, 7) is 8.64. The van der Waals surface area contributed by atoms with E-state index in [1.165, 1.54) is 44.9 Å². The number of hydrogen-bond acceptors (Lipinski definition) is 4. The number of piperidine rings is 3. The second kappa shape index (κ2) is 9.11. The van der Waals surface area contributed by atoms with Crippen molar-refractivity contribution in [3.05, 3.63) is 0 Å². The van der Waals surface area contributed by atoms with Gasteiger partial charge in [0, 0.05) is 44.6 Å². The quantitative estimate of drug-likeness (QED) is 0.629. The second-order valence-corrected chi connectivity index (χ2v) is 14.1. The maximum atomic E-state index is 13.7. The van der Waals surface area contributed by atoms with Gasteiger partial charge in [0.1, 0.15) is 0 Å². The molecule has 3 saturated carbocycles. The van der Waals surface area contributed by atoms with Crippen molar-refractivity contribution in [2.75, 3.05) is 20.1 Å². The van der Waals surface area contributed by atoms with Crippen LogP contribution in [0.25, 0.3) is 0 Å². The fourth-order valence-corrected chi connectivity index (χ4v) is 10.5. The molecule has 1 N–H and O–H groups in total. The lowest BCUT2D eigenvalue weighted by atomic mass is 9.53. The molecule has 196 valence electrons. The SMILES string of the molecule is CC(=O)N1CCC[C@@H]2[C@@H](C[C@H]3CCC(=O)[C@@]4(C[C@@H]5C[C@@H](C)C[C@H]6[C@@H]5C[C@@H]4CN6C)N3)C[C@H](C)C[C@@H]21. The van der Waals surface area contributed by atoms with Crippen molar-refractivity contribution < 1.29 is 9.59 Å². The molecule has 3 saturated heterocycles. The Bertz CT molecular complexity index is 845. The van der Waals surface area contributed by atoms with Crippen LogP contribution in [0.15, 0.2) is 0 Å². The minimum atomic E-state index is -0.280. The summed E-state index contributed by atoms with van der Waals surface area (Å²) in [5, 5.41) is 4.15. The number of rotatable bonds is 2. The summed E-state index contributed by atoms with van der Waals surface area (Å²) in [5.74, 6) is 5.58. The van der Waals surface area contributed by atoms with Gasteiger partial charge in [0.25, 0.3) is 0 Å². The number of fused-ring (bicyclic) bond motifs is 3. The lowest BCUT2D eigenvalue weighted by molar-refractivity contribution is -0.146. The normalized spacial score (nSPS) is 50.2. The largest absolute Gasteiger partial charge is 0.340 e. The van der Waals surface area contributed by atoms with Crippen LogP contribution >= 0.6 is 0 Å². The predicted molar refractivity (Wildman–Crippen MR) is 139 cm³/mol. The fourth-order valence-electron chi connectivity index (χ4n) is 10.5. The third-order valence-corrected chi connectivity index (χ3v) is 11.8. The van der Waals surface area contributed by atoms with Crippen LogP contribution < -0.4 is 5.32 Å². The Balaban J connectivity index is 1.22. The van der Waals surface area contributed by atoms with E-state index in [-0.39, 0.29) is 11.4 Å². The van der Waals surface area contributed by atoms with E-state index in [1.54, 1.807) is 6.92 Å². The van der Waals surface area contributed by atoms with Gasteiger partial charge in [-0.25, -0.2) is 0 Å². The topological polar surface area (TPSA) is 52.7 Å². The first kappa shape index (κ1) is 24.4. The minimum Gasteiger partial charge on any atom is -0.340 e. The molecule has 11 atom stereocenters. The Morgan fingerprint density at radius 3 is 2.60 bits per heavy atom. The van der Waals surface area contributed by atoms with Crippen LogP contribution in [0.4, 0.5) is 0 Å². The Morgan fingerprint density at radius 1 is 1.03 bits per heavy atom. The fraction of sp³-hybridized carbons (Fsp3) is 0.933. The molecule has 0 aromatic heterocycles. The highest BCUT2D eigenvalue weighted by molar-refractivity contribution is 5.90. The summed E-state index contributed by atoms with van der Waals surface area (Å²) in [7, 11) is 2.33. The molecule has 3 aliphatic heterocycles. The van der Waals surface area contributed by atoms with Gasteiger partial charge < -0.3 is 15.1 Å². The maximum absolute atomic E-state index is 13.7. The number of Topliss-reactive ketones (excluding diaryl/α,β-unsaturated/α-hetero) is 1. The van der Waals surface area contributed by atoms with Crippen LogP contribution in [0.3, 0.4) is 0 Å². The number of hydrogen-bond donors (Lipinski definition) is 1. The average molecular weight is 484 g/mol. The maximum Gasteiger partial charge on any atom is 0.219 e. The summed E-state index contributed by atoms with van der Waals surface area (Å²) in [6.07, 6.45) is 12.9. The van der Waals surface area contributed by atoms with Gasteiger partial charge in [-0.1, -0.05) is 13.8 Å². The van der Waals surface area contributed by atoms with Crippen LogP contribution in [0.5, 0.6) is 0 Å². The Hall–Kier alpha value is -0.940. The van der Waals surface area contributed by atoms with Crippen molar-refractivity contribution in [2.24, 2.45) is 41.4 Å². The third-order valence-electron chi connectivity index (χ3n) is 11.8. The molecule has 0 aromatic carbocycles. The van der Waals surface area contributed by atoms with E-state index < -0.39 is 0 Å². The highest BCUT2D eigenvalue weighted by Crippen LogP contribution is 2.54. The van der Waals surface area contributed by atoms with Crippen LogP contribution in [0, 0.1) is 41.4 Å². The standard InChI is InChI=1S/C30H49N3O2/c1-18-10-21(25-6-5-9-33(20(3)34)28(25)13-18)14-24-7-8-29(35)30(31-24)16-22-11-19(2)12-27-26(22)15-23(30)17-32(27)4/h18-19,21-28,31H,5-17H2,1-4H3/t18-,19+,21+,22-,23+,24+,25+,26+,27-,28-,30-/m0/s1. The predicted octanol–water partition coefficient (Wildman–Crippen LogP) is 4.50. The molecule has 0 aromatic rings. The van der Waals surface area contributed by atoms with Gasteiger partial charge in [0.15, 0.2) is 5.78 Å². The summed E-state index contributed by atoms with van der Waals surface area (Å²) < 4.78 is 0. The number of amides is 1. The lowest BCUT2D eigenvalue weighted by Gasteiger charge is -2.61. The Labute approximate surface area is 213 Å². The first-order valence-electron chi connectivity index (χ1n) is 15.0. The minimum absolute atomic E-state index is 0.270. The van der Waals surface area contributed by atoms with Crippen LogP contribution in [0.2, 0.25) is 0 Å². The van der Waals surface area contributed by atoms with Crippen molar-refractivity contribution in [3.8, 4) is 0 Å². The molecule has 1 spiro atoms. The van der Waals surface area contributed by atoms with Gasteiger partial charge in [0.05, 0.1) is 5.54 Å². The monoisotopic (exact) mass is 483 g/mol. The van der Waals surface area contributed by atoms with Gasteiger partial charge in [-0.05, 0) is 113 Å². The van der Waals surface area contributed by atoms with Gasteiger partial charge in [-0.2, -0.15) is 0 Å². The molecule has 5 nitrogen and oxygen atoms in total. The van der Waals surface area contributed by atoms with E-state index in [2.05, 4.69) is 36.0 Å². The zero-order chi connectivity index (χ0) is 24.5. The zero-order valence-corrected chi connectivity index (χ0v) is 22.7. The molecule has 1 amide bonds. The molecular weight excluding hydrogens is 434 g/mol. The molecule has 2 bridgehead atoms. The first-order valence-corrected chi connectivity index (χ1v) is 15.0. The number of carbonyl (C=O) groups excluding carboxylic acids is 2. The molecule has 5 heteroatoms. The highest BCUT2D eigenvalue weighted by Gasteiger charge is 2.59. The molecule has 3 heterocycles. The van der Waals surface area contributed by atoms with Crippen molar-refractivity contribution in [1.29, 1.82) is 0 Å². The third kappa shape index (κ3) is 4.11. The van der Waals surface area contributed by atoms with Crippen molar-refractivity contribution in [1.82, 2.24) is 15.1 Å². The molecule has 6 rings (SSSR count). The van der Waals surface area contributed by atoms with Crippen LogP contribution in [-0.2, 0) is 9.59 Å². The van der Waals surface area contributed by atoms with Gasteiger partial charge in [0.2, 0.25) is 5.91 Å². The van der Waals surface area contributed by atoms with Crippen molar-refractivity contribution >= 4 is 11.7 Å². The van der Waals surface area contributed by atoms with Gasteiger partial charge >= 0.3 is 0 Å².